The van der Waals surface area contributed by atoms with E-state index in [-0.39, 0.29) is 5.96 Å². The summed E-state index contributed by atoms with van der Waals surface area (Å²) in [6.45, 7) is 3.55. The van der Waals surface area contributed by atoms with Crippen molar-refractivity contribution in [3.63, 3.8) is 0 Å². The Kier molecular flexibility index (Phi) is 5.93. The third kappa shape index (κ3) is 5.80. The normalized spacial score (nSPS) is 9.94. The van der Waals surface area contributed by atoms with Crippen molar-refractivity contribution >= 4 is 5.96 Å². The molecule has 0 spiro atoms. The highest BCUT2D eigenvalue weighted by Gasteiger charge is 1.95. The molecule has 4 heteroatoms. The van der Waals surface area contributed by atoms with Gasteiger partial charge in [-0.15, -0.1) is 0 Å². The molecule has 0 aliphatic rings. The van der Waals surface area contributed by atoms with Crippen LogP contribution < -0.4 is 16.2 Å². The molecule has 4 N–H and O–H groups in total. The van der Waals surface area contributed by atoms with Crippen LogP contribution in [0.3, 0.4) is 0 Å². The summed E-state index contributed by atoms with van der Waals surface area (Å²) in [6, 6.07) is 8.06. The van der Waals surface area contributed by atoms with E-state index in [1.54, 1.807) is 0 Å². The molecule has 0 atom stereocenters. The molecule has 1 rings (SSSR count). The molecule has 0 aliphatic carbocycles. The minimum absolute atomic E-state index is 0.143. The van der Waals surface area contributed by atoms with Crippen molar-refractivity contribution in [1.82, 2.24) is 0 Å². The van der Waals surface area contributed by atoms with Gasteiger partial charge in [0.1, 0.15) is 5.75 Å². The first kappa shape index (κ1) is 13.4. The lowest BCUT2D eigenvalue weighted by Crippen LogP contribution is -2.23. The number of hydrogen-bond acceptors (Lipinski definition) is 2. The second-order valence-corrected chi connectivity index (χ2v) is 3.90. The summed E-state index contributed by atoms with van der Waals surface area (Å²) in [5.41, 5.74) is 11.7. The number of ether oxygens (including phenoxy) is 1. The van der Waals surface area contributed by atoms with Crippen LogP contribution in [0.15, 0.2) is 29.3 Å². The SMILES string of the molecule is CCCCOc1ccc(CCN=C(N)N)cc1. The Balaban J connectivity index is 2.36. The fraction of sp³-hybridized carbons (Fsp3) is 0.462. The summed E-state index contributed by atoms with van der Waals surface area (Å²) in [7, 11) is 0. The number of guanidine groups is 1. The first-order chi connectivity index (χ1) is 8.22. The Bertz CT molecular complexity index is 342. The lowest BCUT2D eigenvalue weighted by molar-refractivity contribution is 0.309. The molecular formula is C13H21N3O. The summed E-state index contributed by atoms with van der Waals surface area (Å²) in [5.74, 6) is 1.06. The number of benzene rings is 1. The average molecular weight is 235 g/mol. The molecule has 17 heavy (non-hydrogen) atoms. The zero-order valence-corrected chi connectivity index (χ0v) is 10.4. The summed E-state index contributed by atoms with van der Waals surface area (Å²) in [5, 5.41) is 0. The van der Waals surface area contributed by atoms with E-state index >= 15 is 0 Å². The second kappa shape index (κ2) is 7.54. The van der Waals surface area contributed by atoms with Crippen LogP contribution >= 0.6 is 0 Å². The molecule has 0 bridgehead atoms. The van der Waals surface area contributed by atoms with Crippen LogP contribution in [0.1, 0.15) is 25.3 Å². The first-order valence-electron chi connectivity index (χ1n) is 5.99. The summed E-state index contributed by atoms with van der Waals surface area (Å²) >= 11 is 0. The zero-order chi connectivity index (χ0) is 12.5. The molecule has 0 heterocycles. The number of nitrogens with two attached hydrogens (primary N) is 2. The molecule has 0 saturated heterocycles. The Morgan fingerprint density at radius 1 is 1.24 bits per heavy atom. The van der Waals surface area contributed by atoms with E-state index < -0.39 is 0 Å². The third-order valence-corrected chi connectivity index (χ3v) is 2.38. The zero-order valence-electron chi connectivity index (χ0n) is 10.4. The van der Waals surface area contributed by atoms with Gasteiger partial charge in [-0.2, -0.15) is 0 Å². The van der Waals surface area contributed by atoms with Crippen molar-refractivity contribution in [2.24, 2.45) is 16.5 Å². The molecule has 94 valence electrons. The van der Waals surface area contributed by atoms with Gasteiger partial charge in [0.15, 0.2) is 5.96 Å². The summed E-state index contributed by atoms with van der Waals surface area (Å²) in [4.78, 5) is 3.94. The largest absolute Gasteiger partial charge is 0.494 e. The number of aliphatic imine (C=N–C) groups is 1. The van der Waals surface area contributed by atoms with Gasteiger partial charge < -0.3 is 16.2 Å². The summed E-state index contributed by atoms with van der Waals surface area (Å²) in [6.07, 6.45) is 3.08. The van der Waals surface area contributed by atoms with Crippen LogP contribution in [-0.4, -0.2) is 19.1 Å². The Labute approximate surface area is 103 Å². The molecule has 0 radical (unpaired) electrons. The van der Waals surface area contributed by atoms with Gasteiger partial charge in [0, 0.05) is 6.54 Å². The maximum Gasteiger partial charge on any atom is 0.185 e. The lowest BCUT2D eigenvalue weighted by Gasteiger charge is -2.06. The van der Waals surface area contributed by atoms with Crippen molar-refractivity contribution in [2.75, 3.05) is 13.2 Å². The number of hydrogen-bond donors (Lipinski definition) is 2. The van der Waals surface area contributed by atoms with E-state index in [0.717, 1.165) is 31.6 Å². The maximum absolute atomic E-state index is 5.58. The average Bonchev–Trinajstić information content (AvgIpc) is 2.31. The van der Waals surface area contributed by atoms with Gasteiger partial charge in [-0.25, -0.2) is 0 Å². The monoisotopic (exact) mass is 235 g/mol. The molecule has 0 unspecified atom stereocenters. The molecule has 0 saturated carbocycles. The van der Waals surface area contributed by atoms with Crippen molar-refractivity contribution in [3.05, 3.63) is 29.8 Å². The topological polar surface area (TPSA) is 73.6 Å². The van der Waals surface area contributed by atoms with Crippen LogP contribution in [0, 0.1) is 0 Å². The van der Waals surface area contributed by atoms with E-state index in [9.17, 15) is 0 Å². The van der Waals surface area contributed by atoms with Crippen molar-refractivity contribution in [3.8, 4) is 5.75 Å². The lowest BCUT2D eigenvalue weighted by atomic mass is 10.1. The van der Waals surface area contributed by atoms with Gasteiger partial charge in [0.05, 0.1) is 6.61 Å². The number of rotatable bonds is 7. The van der Waals surface area contributed by atoms with Crippen molar-refractivity contribution in [1.29, 1.82) is 0 Å². The Morgan fingerprint density at radius 3 is 2.53 bits per heavy atom. The smallest absolute Gasteiger partial charge is 0.185 e. The highest BCUT2D eigenvalue weighted by atomic mass is 16.5. The van der Waals surface area contributed by atoms with E-state index in [0.29, 0.717) is 6.54 Å². The standard InChI is InChI=1S/C13H21N3O/c1-2-3-10-17-12-6-4-11(5-7-12)8-9-16-13(14)15/h4-7H,2-3,8-10H2,1H3,(H4,14,15,16). The van der Waals surface area contributed by atoms with Gasteiger partial charge in [-0.1, -0.05) is 25.5 Å². The van der Waals surface area contributed by atoms with Gasteiger partial charge in [0.25, 0.3) is 0 Å². The van der Waals surface area contributed by atoms with Gasteiger partial charge in [-0.3, -0.25) is 4.99 Å². The van der Waals surface area contributed by atoms with Crippen LogP contribution in [0.25, 0.3) is 0 Å². The quantitative estimate of drug-likeness (QED) is 0.429. The number of unbranched alkanes of at least 4 members (excludes halogenated alkanes) is 1. The van der Waals surface area contributed by atoms with Gasteiger partial charge in [0.2, 0.25) is 0 Å². The maximum atomic E-state index is 5.58. The summed E-state index contributed by atoms with van der Waals surface area (Å²) < 4.78 is 5.58. The van der Waals surface area contributed by atoms with Crippen LogP contribution in [0.2, 0.25) is 0 Å². The van der Waals surface area contributed by atoms with E-state index in [1.807, 2.05) is 24.3 Å². The van der Waals surface area contributed by atoms with Gasteiger partial charge in [-0.05, 0) is 30.5 Å². The van der Waals surface area contributed by atoms with Crippen molar-refractivity contribution < 1.29 is 4.74 Å². The molecule has 0 aromatic heterocycles. The molecule has 1 aromatic carbocycles. The fourth-order valence-corrected chi connectivity index (χ4v) is 1.40. The van der Waals surface area contributed by atoms with E-state index in [1.165, 1.54) is 5.56 Å². The molecule has 4 nitrogen and oxygen atoms in total. The fourth-order valence-electron chi connectivity index (χ4n) is 1.40. The minimum Gasteiger partial charge on any atom is -0.494 e. The first-order valence-corrected chi connectivity index (χ1v) is 5.99. The molecule has 1 aromatic rings. The van der Waals surface area contributed by atoms with Gasteiger partial charge >= 0.3 is 0 Å². The highest BCUT2D eigenvalue weighted by molar-refractivity contribution is 5.75. The van der Waals surface area contributed by atoms with Crippen LogP contribution in [-0.2, 0) is 6.42 Å². The van der Waals surface area contributed by atoms with Crippen LogP contribution in [0.4, 0.5) is 0 Å². The van der Waals surface area contributed by atoms with E-state index in [4.69, 9.17) is 16.2 Å². The molecular weight excluding hydrogens is 214 g/mol. The number of nitrogens with zero attached hydrogens (tertiary/aromatic N) is 1. The third-order valence-electron chi connectivity index (χ3n) is 2.38. The minimum atomic E-state index is 0.143. The predicted molar refractivity (Wildman–Crippen MR) is 71.2 cm³/mol. The Morgan fingerprint density at radius 2 is 1.94 bits per heavy atom. The van der Waals surface area contributed by atoms with E-state index in [2.05, 4.69) is 11.9 Å². The molecule has 0 amide bonds. The highest BCUT2D eigenvalue weighted by Crippen LogP contribution is 2.13. The molecule has 0 fully saturated rings. The van der Waals surface area contributed by atoms with Crippen LogP contribution in [0.5, 0.6) is 5.75 Å². The Hall–Kier alpha value is -1.71. The molecule has 0 aliphatic heterocycles. The second-order valence-electron chi connectivity index (χ2n) is 3.90. The predicted octanol–water partition coefficient (Wildman–Crippen LogP) is 1.68. The van der Waals surface area contributed by atoms with Crippen molar-refractivity contribution in [2.45, 2.75) is 26.2 Å².